The van der Waals surface area contributed by atoms with Crippen molar-refractivity contribution in [3.05, 3.63) is 21.6 Å². The van der Waals surface area contributed by atoms with E-state index in [9.17, 15) is 60.5 Å². The molecule has 3 aliphatic rings. The van der Waals surface area contributed by atoms with Gasteiger partial charge in [-0.05, 0) is 18.8 Å². The second-order valence-corrected chi connectivity index (χ2v) is 10.2. The third-order valence-electron chi connectivity index (χ3n) is 8.26. The average Bonchev–Trinajstić information content (AvgIpc) is 2.86. The third-order valence-corrected chi connectivity index (χ3v) is 8.26. The van der Waals surface area contributed by atoms with Gasteiger partial charge in [-0.25, -0.2) is 0 Å². The second kappa shape index (κ2) is 10.4. The largest absolute Gasteiger partial charge is 0.507 e. The third kappa shape index (κ3) is 4.03. The van der Waals surface area contributed by atoms with Crippen LogP contribution in [0.4, 0.5) is 0 Å². The van der Waals surface area contributed by atoms with E-state index in [-0.39, 0.29) is 12.8 Å². The van der Waals surface area contributed by atoms with Crippen LogP contribution >= 0.6 is 0 Å². The van der Waals surface area contributed by atoms with E-state index in [1.165, 1.54) is 0 Å². The lowest BCUT2D eigenvalue weighted by Crippen LogP contribution is -2.54. The van der Waals surface area contributed by atoms with Crippen molar-refractivity contribution >= 4 is 11.8 Å². The van der Waals surface area contributed by atoms with Crippen LogP contribution in [0.2, 0.25) is 0 Å². The molecule has 0 amide bonds. The number of benzene rings is 1. The Morgan fingerprint density at radius 1 is 1.03 bits per heavy atom. The van der Waals surface area contributed by atoms with Crippen LogP contribution in [0.25, 0.3) is 0 Å². The second-order valence-electron chi connectivity index (χ2n) is 10.2. The quantitative estimate of drug-likeness (QED) is 0.124. The SMILES string of the molecule is CCCC1C(C(=O)O)C(O)CC2C(O)c3c(O)c(O)c(C4OC(CO)C(O)C(N=O)C4O)c(O)c3C(=O)C21. The number of aliphatic carboxylic acids is 1. The monoisotopic (exact) mass is 541 g/mol. The molecule has 4 rings (SSSR count). The summed E-state index contributed by atoms with van der Waals surface area (Å²) in [4.78, 5) is 37.2. The lowest BCUT2D eigenvalue weighted by Gasteiger charge is -2.48. The number of carbonyl (C=O) groups is 2. The first-order chi connectivity index (χ1) is 17.9. The molecule has 0 bridgehead atoms. The van der Waals surface area contributed by atoms with Gasteiger partial charge in [-0.15, -0.1) is 0 Å². The van der Waals surface area contributed by atoms with E-state index in [4.69, 9.17) is 4.74 Å². The molecule has 11 unspecified atom stereocenters. The van der Waals surface area contributed by atoms with E-state index in [0.717, 1.165) is 0 Å². The molecule has 11 atom stereocenters. The molecule has 1 heterocycles. The summed E-state index contributed by atoms with van der Waals surface area (Å²) in [6, 6.07) is -1.78. The average molecular weight is 542 g/mol. The van der Waals surface area contributed by atoms with Crippen LogP contribution in [0.5, 0.6) is 17.2 Å². The number of carboxylic acid groups (broad SMARTS) is 1. The lowest BCUT2D eigenvalue weighted by molar-refractivity contribution is -0.191. The molecule has 2 fully saturated rings. The molecular weight excluding hydrogens is 510 g/mol. The van der Waals surface area contributed by atoms with E-state index in [1.807, 2.05) is 0 Å². The number of hydrogen-bond acceptors (Lipinski definition) is 13. The number of rotatable bonds is 6. The van der Waals surface area contributed by atoms with Crippen LogP contribution in [0.1, 0.15) is 59.9 Å². The van der Waals surface area contributed by atoms with Gasteiger partial charge < -0.3 is 50.7 Å². The maximum Gasteiger partial charge on any atom is 0.309 e. The summed E-state index contributed by atoms with van der Waals surface area (Å²) in [5.41, 5.74) is -1.92. The zero-order valence-corrected chi connectivity index (χ0v) is 20.3. The Labute approximate surface area is 215 Å². The summed E-state index contributed by atoms with van der Waals surface area (Å²) in [6.45, 7) is 0.894. The highest BCUT2D eigenvalue weighted by atomic mass is 16.5. The number of aromatic hydroxyl groups is 3. The number of phenols is 3. The molecule has 210 valence electrons. The van der Waals surface area contributed by atoms with Crippen molar-refractivity contribution in [1.82, 2.24) is 0 Å². The summed E-state index contributed by atoms with van der Waals surface area (Å²) in [6.07, 6.45) is -9.88. The number of fused-ring (bicyclic) bond motifs is 2. The zero-order chi connectivity index (χ0) is 28.2. The number of aliphatic hydroxyl groups excluding tert-OH is 5. The van der Waals surface area contributed by atoms with E-state index >= 15 is 0 Å². The first-order valence-electron chi connectivity index (χ1n) is 12.3. The van der Waals surface area contributed by atoms with Gasteiger partial charge in [-0.1, -0.05) is 18.5 Å². The molecule has 1 aliphatic heterocycles. The Hall–Kier alpha value is -2.88. The Morgan fingerprint density at radius 2 is 1.66 bits per heavy atom. The highest BCUT2D eigenvalue weighted by molar-refractivity contribution is 6.05. The van der Waals surface area contributed by atoms with E-state index in [0.29, 0.717) is 6.42 Å². The molecule has 14 heteroatoms. The molecule has 38 heavy (non-hydrogen) atoms. The van der Waals surface area contributed by atoms with Crippen LogP contribution in [-0.4, -0.2) is 94.8 Å². The van der Waals surface area contributed by atoms with Gasteiger partial charge in [-0.2, -0.15) is 4.91 Å². The van der Waals surface area contributed by atoms with Gasteiger partial charge in [0.25, 0.3) is 0 Å². The van der Waals surface area contributed by atoms with E-state index < -0.39 is 119 Å². The van der Waals surface area contributed by atoms with Gasteiger partial charge in [0, 0.05) is 17.4 Å². The number of ketones is 1. The number of Topliss-reactive ketones (excluding diaryl/α,β-unsaturated/α-hetero) is 1. The maximum atomic E-state index is 13.9. The van der Waals surface area contributed by atoms with Gasteiger partial charge in [-0.3, -0.25) is 9.59 Å². The van der Waals surface area contributed by atoms with Crippen LogP contribution < -0.4 is 0 Å². The fourth-order valence-corrected chi connectivity index (χ4v) is 6.55. The molecule has 0 spiro atoms. The van der Waals surface area contributed by atoms with Crippen molar-refractivity contribution in [2.45, 2.75) is 68.9 Å². The van der Waals surface area contributed by atoms with Crippen molar-refractivity contribution in [2.75, 3.05) is 6.61 Å². The number of nitrogens with zero attached hydrogens (tertiary/aromatic N) is 1. The molecule has 1 aromatic carbocycles. The number of hydrogen-bond donors (Lipinski definition) is 9. The molecule has 1 saturated heterocycles. The summed E-state index contributed by atoms with van der Waals surface area (Å²) in [5.74, 6) is -9.82. The lowest BCUT2D eigenvalue weighted by atomic mass is 9.56. The fraction of sp³-hybridized carbons (Fsp3) is 0.667. The number of nitroso groups, excluding NO2 is 1. The Kier molecular flexibility index (Phi) is 7.67. The van der Waals surface area contributed by atoms with Crippen LogP contribution in [0, 0.1) is 28.6 Å². The summed E-state index contributed by atoms with van der Waals surface area (Å²) in [7, 11) is 0. The molecule has 1 aromatic rings. The summed E-state index contributed by atoms with van der Waals surface area (Å²) < 4.78 is 5.41. The number of carboxylic acids is 1. The maximum absolute atomic E-state index is 13.9. The van der Waals surface area contributed by atoms with E-state index in [1.54, 1.807) is 6.92 Å². The number of phenolic OH excluding ortho intramolecular Hbond substituents is 3. The van der Waals surface area contributed by atoms with Crippen LogP contribution in [-0.2, 0) is 9.53 Å². The minimum atomic E-state index is -2.00. The van der Waals surface area contributed by atoms with Gasteiger partial charge in [0.05, 0.1) is 35.9 Å². The molecule has 2 aliphatic carbocycles. The van der Waals surface area contributed by atoms with Crippen molar-refractivity contribution in [3.63, 3.8) is 0 Å². The molecule has 0 aromatic heterocycles. The molecule has 1 saturated carbocycles. The number of ether oxygens (including phenoxy) is 1. The fourth-order valence-electron chi connectivity index (χ4n) is 6.55. The molecule has 14 nitrogen and oxygen atoms in total. The Morgan fingerprint density at radius 3 is 2.21 bits per heavy atom. The van der Waals surface area contributed by atoms with Crippen molar-refractivity contribution in [2.24, 2.45) is 28.8 Å². The zero-order valence-electron chi connectivity index (χ0n) is 20.3. The Bertz CT molecular complexity index is 1130. The normalized spacial score (nSPS) is 38.8. The topological polar surface area (TPSA) is 255 Å². The molecular formula is C24H31NO13. The van der Waals surface area contributed by atoms with Crippen LogP contribution in [0.3, 0.4) is 0 Å². The number of aliphatic hydroxyl groups is 5. The summed E-state index contributed by atoms with van der Waals surface area (Å²) in [5, 5.41) is 97.4. The van der Waals surface area contributed by atoms with Gasteiger partial charge in [0.1, 0.15) is 36.2 Å². The van der Waals surface area contributed by atoms with Crippen LogP contribution in [0.15, 0.2) is 5.18 Å². The minimum absolute atomic E-state index is 0.188. The molecule has 0 radical (unpaired) electrons. The first-order valence-corrected chi connectivity index (χ1v) is 12.3. The summed E-state index contributed by atoms with van der Waals surface area (Å²) >= 11 is 0. The van der Waals surface area contributed by atoms with Gasteiger partial charge in [0.15, 0.2) is 17.3 Å². The predicted molar refractivity (Wildman–Crippen MR) is 124 cm³/mol. The van der Waals surface area contributed by atoms with Crippen molar-refractivity contribution < 1.29 is 60.3 Å². The smallest absolute Gasteiger partial charge is 0.309 e. The number of carbonyl (C=O) groups excluding carboxylic acids is 1. The highest BCUT2D eigenvalue weighted by Crippen LogP contribution is 2.58. The Balaban J connectivity index is 1.90. The molecule has 9 N–H and O–H groups in total. The standard InChI is InChI=1S/C24H31NO13/c1-2-3-6-10-7(4-8(27)11(6)24(35)36)16(28)12-13(18(10)30)19(31)14(21(33)20(12)32)23-22(34)15(25-37)17(29)9(5-26)38-23/h6-11,15-17,22-23,26-29,31-34H,2-5H2,1H3,(H,35,36). The van der Waals surface area contributed by atoms with E-state index in [2.05, 4.69) is 5.18 Å². The predicted octanol–water partition coefficient (Wildman–Crippen LogP) is -0.564. The van der Waals surface area contributed by atoms with Gasteiger partial charge >= 0.3 is 5.97 Å². The minimum Gasteiger partial charge on any atom is -0.507 e. The highest BCUT2D eigenvalue weighted by Gasteiger charge is 2.57. The van der Waals surface area contributed by atoms with Crippen molar-refractivity contribution in [3.8, 4) is 17.2 Å². The first kappa shape index (κ1) is 28.1. The van der Waals surface area contributed by atoms with Gasteiger partial charge in [0.2, 0.25) is 0 Å². The van der Waals surface area contributed by atoms with Crippen molar-refractivity contribution in [1.29, 1.82) is 0 Å².